The molecule has 8 nitrogen and oxygen atoms in total. The van der Waals surface area contributed by atoms with Crippen molar-refractivity contribution in [3.63, 3.8) is 0 Å². The Morgan fingerprint density at radius 1 is 1.24 bits per heavy atom. The second kappa shape index (κ2) is 9.65. The fourth-order valence-corrected chi connectivity index (χ4v) is 4.79. The molecule has 0 saturated carbocycles. The number of carbonyl (C=O) groups excluding carboxylic acids is 1. The average molecular weight is 470 g/mol. The van der Waals surface area contributed by atoms with E-state index < -0.39 is 5.41 Å². The maximum Gasteiger partial charge on any atom is 0.222 e. The van der Waals surface area contributed by atoms with Gasteiger partial charge in [-0.25, -0.2) is 15.0 Å². The van der Waals surface area contributed by atoms with Gasteiger partial charge in [0.1, 0.15) is 11.6 Å². The molecule has 33 heavy (non-hydrogen) atoms. The Hall–Kier alpha value is -2.71. The van der Waals surface area contributed by atoms with E-state index in [2.05, 4.69) is 36.3 Å². The lowest BCUT2D eigenvalue weighted by atomic mass is 9.72. The first-order chi connectivity index (χ1) is 15.8. The van der Waals surface area contributed by atoms with Crippen molar-refractivity contribution in [3.8, 4) is 0 Å². The molecule has 3 heterocycles. The predicted octanol–water partition coefficient (Wildman–Crippen LogP) is 3.26. The van der Waals surface area contributed by atoms with Crippen LogP contribution < -0.4 is 10.2 Å². The van der Waals surface area contributed by atoms with Gasteiger partial charge in [-0.3, -0.25) is 9.21 Å². The molecule has 9 heteroatoms. The highest BCUT2D eigenvalue weighted by Crippen LogP contribution is 2.43. The summed E-state index contributed by atoms with van der Waals surface area (Å²) in [4.78, 5) is 31.1. The number of aliphatic imine (C=N–C) groups is 2. The predicted molar refractivity (Wildman–Crippen MR) is 135 cm³/mol. The summed E-state index contributed by atoms with van der Waals surface area (Å²) in [5, 5.41) is 3.33. The number of guanidine groups is 1. The first-order valence-electron chi connectivity index (χ1n) is 11.4. The van der Waals surface area contributed by atoms with Crippen LogP contribution in [0.3, 0.4) is 0 Å². The molecule has 1 atom stereocenters. The number of allylic oxidation sites excluding steroid dienone is 3. The lowest BCUT2D eigenvalue weighted by Gasteiger charge is -2.39. The molecular weight excluding hydrogens is 438 g/mol. The summed E-state index contributed by atoms with van der Waals surface area (Å²) in [5.74, 6) is 1.65. The van der Waals surface area contributed by atoms with E-state index in [1.54, 1.807) is 4.42 Å². The van der Waals surface area contributed by atoms with Crippen molar-refractivity contribution in [3.05, 3.63) is 41.8 Å². The van der Waals surface area contributed by atoms with E-state index in [4.69, 9.17) is 26.7 Å². The van der Waals surface area contributed by atoms with E-state index in [0.29, 0.717) is 31.9 Å². The van der Waals surface area contributed by atoms with Gasteiger partial charge in [0.2, 0.25) is 5.96 Å². The number of anilines is 2. The van der Waals surface area contributed by atoms with Gasteiger partial charge in [-0.2, -0.15) is 0 Å². The normalized spacial score (nSPS) is 22.2. The first-order valence-corrected chi connectivity index (χ1v) is 11.7. The smallest absolute Gasteiger partial charge is 0.222 e. The molecule has 1 aromatic heterocycles. The van der Waals surface area contributed by atoms with Crippen LogP contribution in [0.4, 0.5) is 11.5 Å². The fourth-order valence-electron chi connectivity index (χ4n) is 4.48. The number of nitrogens with zero attached hydrogens (tertiary/aromatic N) is 6. The van der Waals surface area contributed by atoms with Crippen LogP contribution in [0.5, 0.6) is 0 Å². The van der Waals surface area contributed by atoms with Crippen molar-refractivity contribution in [2.75, 3.05) is 57.5 Å². The van der Waals surface area contributed by atoms with Gasteiger partial charge in [0.05, 0.1) is 29.1 Å². The van der Waals surface area contributed by atoms with Gasteiger partial charge < -0.3 is 15.1 Å². The van der Waals surface area contributed by atoms with E-state index in [0.717, 1.165) is 48.1 Å². The van der Waals surface area contributed by atoms with Gasteiger partial charge >= 0.3 is 0 Å². The summed E-state index contributed by atoms with van der Waals surface area (Å²) in [7, 11) is 6.24. The van der Waals surface area contributed by atoms with Crippen molar-refractivity contribution in [1.29, 1.82) is 0 Å². The zero-order chi connectivity index (χ0) is 23.6. The van der Waals surface area contributed by atoms with Gasteiger partial charge in [-0.05, 0) is 58.3 Å². The summed E-state index contributed by atoms with van der Waals surface area (Å²) in [6, 6.07) is 4.03. The van der Waals surface area contributed by atoms with Gasteiger partial charge in [0.25, 0.3) is 0 Å². The summed E-state index contributed by atoms with van der Waals surface area (Å²) >= 11 is 6.49. The molecule has 0 amide bonds. The second-order valence-electron chi connectivity index (χ2n) is 9.19. The Labute approximate surface area is 200 Å². The van der Waals surface area contributed by atoms with Crippen LogP contribution in [0.2, 0.25) is 0 Å². The standard InChI is InChI=1S/C24H32ClN7O/c1-17-19(9-10-22(27-17)31(4)13-6-12-30(2)3)28-23-26-16-24-15-18(33)11-14-32(25)21(24)8-5-7-20(24)29-23/h5,7-10H,6,11-16H2,1-4H3,(H,26,28). The molecule has 0 radical (unpaired) electrons. The van der Waals surface area contributed by atoms with E-state index in [9.17, 15) is 4.79 Å². The number of rotatable bonds is 6. The van der Waals surface area contributed by atoms with Crippen LogP contribution in [-0.2, 0) is 4.79 Å². The molecule has 176 valence electrons. The van der Waals surface area contributed by atoms with Crippen molar-refractivity contribution in [1.82, 2.24) is 14.3 Å². The third-order valence-corrected chi connectivity index (χ3v) is 6.72. The highest BCUT2D eigenvalue weighted by Gasteiger charge is 2.47. The van der Waals surface area contributed by atoms with Crippen molar-refractivity contribution in [2.24, 2.45) is 15.4 Å². The maximum absolute atomic E-state index is 12.5. The van der Waals surface area contributed by atoms with Crippen LogP contribution in [0.25, 0.3) is 0 Å². The Morgan fingerprint density at radius 3 is 2.82 bits per heavy atom. The van der Waals surface area contributed by atoms with E-state index >= 15 is 0 Å². The molecule has 1 spiro atoms. The highest BCUT2D eigenvalue weighted by atomic mass is 35.5. The second-order valence-corrected chi connectivity index (χ2v) is 9.60. The number of aryl methyl sites for hydroxylation is 1. The van der Waals surface area contributed by atoms with Crippen LogP contribution in [-0.4, -0.2) is 79.1 Å². The monoisotopic (exact) mass is 469 g/mol. The summed E-state index contributed by atoms with van der Waals surface area (Å²) in [5.41, 5.74) is 2.89. The molecule has 4 rings (SSSR count). The molecule has 2 aliphatic heterocycles. The quantitative estimate of drug-likeness (QED) is 0.644. The summed E-state index contributed by atoms with van der Waals surface area (Å²) < 4.78 is 1.65. The average Bonchev–Trinajstić information content (AvgIpc) is 2.90. The third kappa shape index (κ3) is 4.96. The fraction of sp³-hybridized carbons (Fsp3) is 0.500. The summed E-state index contributed by atoms with van der Waals surface area (Å²) in [6.45, 7) is 4.90. The number of carbonyl (C=O) groups is 1. The number of hydrogen-bond donors (Lipinski definition) is 1. The van der Waals surface area contributed by atoms with Crippen LogP contribution in [0, 0.1) is 12.3 Å². The number of ketones is 1. The molecular formula is C24H32ClN7O. The first kappa shape index (κ1) is 23.4. The molecule has 1 aromatic rings. The Kier molecular flexibility index (Phi) is 6.86. The molecule has 0 bridgehead atoms. The Bertz CT molecular complexity index is 1050. The topological polar surface area (TPSA) is 76.4 Å². The van der Waals surface area contributed by atoms with Gasteiger partial charge in [0, 0.05) is 50.5 Å². The number of halogens is 1. The number of aromatic nitrogens is 1. The van der Waals surface area contributed by atoms with E-state index in [1.165, 1.54) is 0 Å². The van der Waals surface area contributed by atoms with Crippen LogP contribution >= 0.6 is 11.8 Å². The molecule has 1 saturated heterocycles. The van der Waals surface area contributed by atoms with E-state index in [-0.39, 0.29) is 5.78 Å². The molecule has 0 aromatic carbocycles. The van der Waals surface area contributed by atoms with Crippen molar-refractivity contribution < 1.29 is 4.79 Å². The van der Waals surface area contributed by atoms with Gasteiger partial charge in [-0.1, -0.05) is 6.08 Å². The number of Topliss-reactive ketones (excluding diaryl/α,β-unsaturated/α-hetero) is 1. The molecule has 1 fully saturated rings. The largest absolute Gasteiger partial charge is 0.360 e. The van der Waals surface area contributed by atoms with Crippen molar-refractivity contribution in [2.45, 2.75) is 26.2 Å². The lowest BCUT2D eigenvalue weighted by molar-refractivity contribution is -0.119. The van der Waals surface area contributed by atoms with Gasteiger partial charge in [0.15, 0.2) is 0 Å². The highest BCUT2D eigenvalue weighted by molar-refractivity contribution is 6.18. The number of hydrogen-bond acceptors (Lipinski definition) is 8. The molecule has 1 aliphatic carbocycles. The number of nitrogens with one attached hydrogen (secondary N) is 1. The molecule has 3 aliphatic rings. The Morgan fingerprint density at radius 2 is 2.06 bits per heavy atom. The zero-order valence-corrected chi connectivity index (χ0v) is 20.6. The van der Waals surface area contributed by atoms with Crippen molar-refractivity contribution >= 4 is 40.7 Å². The maximum atomic E-state index is 12.5. The number of pyridine rings is 1. The summed E-state index contributed by atoms with van der Waals surface area (Å²) in [6.07, 6.45) is 7.75. The third-order valence-electron chi connectivity index (χ3n) is 6.37. The minimum absolute atomic E-state index is 0.184. The SMILES string of the molecule is Cc1nc(N(C)CCCN(C)C)ccc1NC1=NCC23CC(=O)CCN(Cl)C2=CC=CC3=N1. The Balaban J connectivity index is 1.49. The van der Waals surface area contributed by atoms with E-state index in [1.807, 2.05) is 37.3 Å². The van der Waals surface area contributed by atoms with Crippen LogP contribution in [0.15, 0.2) is 46.0 Å². The minimum atomic E-state index is -0.582. The minimum Gasteiger partial charge on any atom is -0.360 e. The molecule has 1 unspecified atom stereocenters. The zero-order valence-electron chi connectivity index (χ0n) is 19.8. The van der Waals surface area contributed by atoms with Crippen LogP contribution in [0.1, 0.15) is 25.0 Å². The molecule has 1 N–H and O–H groups in total. The van der Waals surface area contributed by atoms with Gasteiger partial charge in [-0.15, -0.1) is 0 Å². The lowest BCUT2D eigenvalue weighted by Crippen LogP contribution is -2.44.